The highest BCUT2D eigenvalue weighted by Crippen LogP contribution is 2.25. The van der Waals surface area contributed by atoms with Gasteiger partial charge < -0.3 is 14.2 Å². The molecular weight excluding hydrogens is 288 g/mol. The molecule has 112 valence electrons. The molecule has 0 aliphatic rings. The molecule has 0 radical (unpaired) electrons. The fraction of sp³-hybridized carbons (Fsp3) is 0.294. The third-order valence-electron chi connectivity index (χ3n) is 2.95. The summed E-state index contributed by atoms with van der Waals surface area (Å²) in [6.45, 7) is 1.31. The summed E-state index contributed by atoms with van der Waals surface area (Å²) in [5.74, 6) is 2.37. The first-order chi connectivity index (χ1) is 10.3. The molecule has 0 heterocycles. The smallest absolute Gasteiger partial charge is 0.161 e. The molecule has 0 spiro atoms. The maximum atomic E-state index is 5.81. The van der Waals surface area contributed by atoms with Gasteiger partial charge in [-0.25, -0.2) is 0 Å². The van der Waals surface area contributed by atoms with Gasteiger partial charge in [0.05, 0.1) is 20.3 Å². The molecule has 0 saturated heterocycles. The van der Waals surface area contributed by atoms with E-state index in [2.05, 4.69) is 0 Å². The normalized spacial score (nSPS) is 10.2. The second-order valence-corrected chi connectivity index (χ2v) is 4.95. The average Bonchev–Trinajstić information content (AvgIpc) is 2.53. The zero-order valence-electron chi connectivity index (χ0n) is 12.0. The molecule has 4 heteroatoms. The van der Waals surface area contributed by atoms with Crippen molar-refractivity contribution >= 4 is 11.6 Å². The minimum absolute atomic E-state index is 0.643. The van der Waals surface area contributed by atoms with Crippen LogP contribution in [-0.2, 0) is 0 Å². The van der Waals surface area contributed by atoms with Crippen LogP contribution in [0.4, 0.5) is 0 Å². The Morgan fingerprint density at radius 1 is 0.810 bits per heavy atom. The summed E-state index contributed by atoms with van der Waals surface area (Å²) in [5, 5.41) is 0.715. The topological polar surface area (TPSA) is 27.7 Å². The molecule has 0 aliphatic heterocycles. The molecule has 0 aliphatic carbocycles. The molecule has 2 aromatic carbocycles. The van der Waals surface area contributed by atoms with Crippen molar-refractivity contribution in [3.05, 3.63) is 53.6 Å². The number of hydrogen-bond acceptors (Lipinski definition) is 3. The van der Waals surface area contributed by atoms with Crippen LogP contribution in [-0.4, -0.2) is 20.3 Å². The third-order valence-corrected chi connectivity index (χ3v) is 3.20. The number of hydrogen-bond donors (Lipinski definition) is 0. The second-order valence-electron chi connectivity index (χ2n) is 4.51. The van der Waals surface area contributed by atoms with E-state index < -0.39 is 0 Å². The second kappa shape index (κ2) is 8.42. The molecule has 0 saturated carbocycles. The SMILES string of the molecule is COc1ccccc1OCCCCOc1ccc(Cl)cc1. The summed E-state index contributed by atoms with van der Waals surface area (Å²) in [6, 6.07) is 15.0. The van der Waals surface area contributed by atoms with Crippen molar-refractivity contribution in [1.82, 2.24) is 0 Å². The number of unbranched alkanes of at least 4 members (excludes halogenated alkanes) is 1. The van der Waals surface area contributed by atoms with Crippen molar-refractivity contribution in [3.8, 4) is 17.2 Å². The Kier molecular flexibility index (Phi) is 6.22. The van der Waals surface area contributed by atoms with Crippen LogP contribution in [0.3, 0.4) is 0 Å². The van der Waals surface area contributed by atoms with Gasteiger partial charge in [-0.05, 0) is 49.2 Å². The Hall–Kier alpha value is -1.87. The van der Waals surface area contributed by atoms with E-state index in [0.717, 1.165) is 30.1 Å². The summed E-state index contributed by atoms with van der Waals surface area (Å²) in [6.07, 6.45) is 1.85. The van der Waals surface area contributed by atoms with Gasteiger partial charge in [-0.2, -0.15) is 0 Å². The van der Waals surface area contributed by atoms with Gasteiger partial charge >= 0.3 is 0 Å². The van der Waals surface area contributed by atoms with Crippen LogP contribution in [0.1, 0.15) is 12.8 Å². The molecule has 21 heavy (non-hydrogen) atoms. The lowest BCUT2D eigenvalue weighted by Gasteiger charge is -2.10. The summed E-state index contributed by atoms with van der Waals surface area (Å²) < 4.78 is 16.5. The molecule has 0 fully saturated rings. The zero-order chi connectivity index (χ0) is 14.9. The van der Waals surface area contributed by atoms with E-state index in [1.807, 2.05) is 48.5 Å². The van der Waals surface area contributed by atoms with Crippen molar-refractivity contribution in [2.24, 2.45) is 0 Å². The van der Waals surface area contributed by atoms with Crippen LogP contribution in [0.15, 0.2) is 48.5 Å². The maximum Gasteiger partial charge on any atom is 0.161 e. The standard InChI is InChI=1S/C17H19ClO3/c1-19-16-6-2-3-7-17(16)21-13-5-4-12-20-15-10-8-14(18)9-11-15/h2-3,6-11H,4-5,12-13H2,1H3. The molecule has 0 unspecified atom stereocenters. The Morgan fingerprint density at radius 3 is 2.10 bits per heavy atom. The first-order valence-electron chi connectivity index (χ1n) is 6.94. The van der Waals surface area contributed by atoms with E-state index in [1.165, 1.54) is 0 Å². The van der Waals surface area contributed by atoms with Crippen molar-refractivity contribution in [1.29, 1.82) is 0 Å². The molecule has 0 aromatic heterocycles. The molecule has 0 amide bonds. The minimum atomic E-state index is 0.643. The molecule has 0 atom stereocenters. The van der Waals surface area contributed by atoms with Crippen LogP contribution in [0.25, 0.3) is 0 Å². The number of halogens is 1. The largest absolute Gasteiger partial charge is 0.494 e. The van der Waals surface area contributed by atoms with E-state index in [9.17, 15) is 0 Å². The van der Waals surface area contributed by atoms with Crippen molar-refractivity contribution in [2.75, 3.05) is 20.3 Å². The zero-order valence-corrected chi connectivity index (χ0v) is 12.8. The fourth-order valence-corrected chi connectivity index (χ4v) is 1.97. The van der Waals surface area contributed by atoms with Crippen LogP contribution in [0, 0.1) is 0 Å². The summed E-state index contributed by atoms with van der Waals surface area (Å²) in [4.78, 5) is 0. The van der Waals surface area contributed by atoms with Gasteiger partial charge in [-0.3, -0.25) is 0 Å². The Balaban J connectivity index is 1.63. The highest BCUT2D eigenvalue weighted by Gasteiger charge is 2.01. The summed E-state index contributed by atoms with van der Waals surface area (Å²) in [7, 11) is 1.64. The first kappa shape index (κ1) is 15.5. The van der Waals surface area contributed by atoms with Crippen LogP contribution in [0.2, 0.25) is 5.02 Å². The molecule has 2 rings (SSSR count). The third kappa shape index (κ3) is 5.20. The van der Waals surface area contributed by atoms with Gasteiger partial charge in [0, 0.05) is 5.02 Å². The molecule has 0 bridgehead atoms. The average molecular weight is 307 g/mol. The van der Waals surface area contributed by atoms with E-state index in [1.54, 1.807) is 7.11 Å². The predicted molar refractivity (Wildman–Crippen MR) is 84.7 cm³/mol. The van der Waals surface area contributed by atoms with Gasteiger partial charge in [0.15, 0.2) is 11.5 Å². The number of benzene rings is 2. The van der Waals surface area contributed by atoms with Crippen LogP contribution >= 0.6 is 11.6 Å². The van der Waals surface area contributed by atoms with E-state index in [0.29, 0.717) is 18.2 Å². The number of ether oxygens (including phenoxy) is 3. The van der Waals surface area contributed by atoms with E-state index in [4.69, 9.17) is 25.8 Å². The fourth-order valence-electron chi connectivity index (χ4n) is 1.85. The van der Waals surface area contributed by atoms with Crippen molar-refractivity contribution in [3.63, 3.8) is 0 Å². The van der Waals surface area contributed by atoms with Gasteiger partial charge in [0.1, 0.15) is 5.75 Å². The first-order valence-corrected chi connectivity index (χ1v) is 7.31. The minimum Gasteiger partial charge on any atom is -0.494 e. The quantitative estimate of drug-likeness (QED) is 0.668. The number of para-hydroxylation sites is 2. The van der Waals surface area contributed by atoms with Gasteiger partial charge in [-0.1, -0.05) is 23.7 Å². The lowest BCUT2D eigenvalue weighted by atomic mass is 10.3. The van der Waals surface area contributed by atoms with Crippen LogP contribution in [0.5, 0.6) is 17.2 Å². The number of methoxy groups -OCH3 is 1. The molecule has 0 N–H and O–H groups in total. The predicted octanol–water partition coefficient (Wildman–Crippen LogP) is 4.59. The Bertz CT molecular complexity index is 540. The molecule has 3 nitrogen and oxygen atoms in total. The van der Waals surface area contributed by atoms with E-state index >= 15 is 0 Å². The van der Waals surface area contributed by atoms with Crippen molar-refractivity contribution in [2.45, 2.75) is 12.8 Å². The Morgan fingerprint density at radius 2 is 1.43 bits per heavy atom. The summed E-state index contributed by atoms with van der Waals surface area (Å²) >= 11 is 5.81. The Labute approximate surface area is 130 Å². The lowest BCUT2D eigenvalue weighted by molar-refractivity contribution is 0.258. The molecule has 2 aromatic rings. The van der Waals surface area contributed by atoms with Crippen molar-refractivity contribution < 1.29 is 14.2 Å². The monoisotopic (exact) mass is 306 g/mol. The highest BCUT2D eigenvalue weighted by molar-refractivity contribution is 6.30. The summed E-state index contributed by atoms with van der Waals surface area (Å²) in [5.41, 5.74) is 0. The van der Waals surface area contributed by atoms with E-state index in [-0.39, 0.29) is 0 Å². The number of rotatable bonds is 8. The highest BCUT2D eigenvalue weighted by atomic mass is 35.5. The van der Waals surface area contributed by atoms with Gasteiger partial charge in [0.25, 0.3) is 0 Å². The molecular formula is C17H19ClO3. The van der Waals surface area contributed by atoms with Crippen LogP contribution < -0.4 is 14.2 Å². The van der Waals surface area contributed by atoms with Gasteiger partial charge in [0.2, 0.25) is 0 Å². The van der Waals surface area contributed by atoms with Gasteiger partial charge in [-0.15, -0.1) is 0 Å². The lowest BCUT2D eigenvalue weighted by Crippen LogP contribution is -2.03. The maximum absolute atomic E-state index is 5.81.